The number of hydrogen-bond acceptors (Lipinski definition) is 2. The standard InChI is InChI=1S/C15H21N3O2/c1-4-9-18-14(19)12-7-5-6-8-13(12)17(15(18)20)11-10-16(2)3/h5-8H,4,9-11H2,1-3H3/p+1. The highest BCUT2D eigenvalue weighted by molar-refractivity contribution is 5.77. The third-order valence-corrected chi connectivity index (χ3v) is 3.41. The Morgan fingerprint density at radius 3 is 2.40 bits per heavy atom. The van der Waals surface area contributed by atoms with E-state index >= 15 is 0 Å². The summed E-state index contributed by atoms with van der Waals surface area (Å²) in [6.07, 6.45) is 0.770. The maximum atomic E-state index is 12.5. The molecule has 0 aliphatic carbocycles. The SMILES string of the molecule is CCCn1c(=O)c2ccccc2n(CC[NH+](C)C)c1=O. The van der Waals surface area contributed by atoms with Gasteiger partial charge in [0.05, 0.1) is 38.1 Å². The molecule has 0 amide bonds. The number of aromatic nitrogens is 2. The molecule has 0 radical (unpaired) electrons. The normalized spacial score (nSPS) is 11.4. The Labute approximate surface area is 118 Å². The number of hydrogen-bond donors (Lipinski definition) is 1. The molecule has 1 aromatic carbocycles. The van der Waals surface area contributed by atoms with Crippen LogP contribution in [0, 0.1) is 0 Å². The molecule has 0 bridgehead atoms. The minimum absolute atomic E-state index is 0.180. The summed E-state index contributed by atoms with van der Waals surface area (Å²) in [4.78, 5) is 26.2. The highest BCUT2D eigenvalue weighted by atomic mass is 16.2. The van der Waals surface area contributed by atoms with Crippen molar-refractivity contribution in [3.8, 4) is 0 Å². The molecule has 5 heteroatoms. The van der Waals surface area contributed by atoms with Gasteiger partial charge in [0.1, 0.15) is 0 Å². The van der Waals surface area contributed by atoms with Crippen LogP contribution in [0.15, 0.2) is 33.9 Å². The number of benzene rings is 1. The van der Waals surface area contributed by atoms with Gasteiger partial charge in [-0.05, 0) is 18.6 Å². The van der Waals surface area contributed by atoms with Gasteiger partial charge in [-0.2, -0.15) is 0 Å². The molecular formula is C15H22N3O2+. The fourth-order valence-corrected chi connectivity index (χ4v) is 2.34. The second kappa shape index (κ2) is 6.05. The number of para-hydroxylation sites is 1. The van der Waals surface area contributed by atoms with Gasteiger partial charge < -0.3 is 4.90 Å². The van der Waals surface area contributed by atoms with Crippen molar-refractivity contribution in [1.29, 1.82) is 0 Å². The zero-order valence-electron chi connectivity index (χ0n) is 12.3. The van der Waals surface area contributed by atoms with Crippen molar-refractivity contribution >= 4 is 10.9 Å². The Hall–Kier alpha value is -1.88. The molecule has 1 aromatic heterocycles. The zero-order chi connectivity index (χ0) is 14.7. The molecule has 2 rings (SSSR count). The van der Waals surface area contributed by atoms with E-state index in [2.05, 4.69) is 14.1 Å². The first-order chi connectivity index (χ1) is 9.56. The molecule has 0 atom stereocenters. The zero-order valence-corrected chi connectivity index (χ0v) is 12.3. The van der Waals surface area contributed by atoms with Crippen LogP contribution in [0.3, 0.4) is 0 Å². The Morgan fingerprint density at radius 1 is 1.05 bits per heavy atom. The lowest BCUT2D eigenvalue weighted by atomic mass is 10.2. The molecule has 2 aromatic rings. The Bertz CT molecular complexity index is 713. The summed E-state index contributed by atoms with van der Waals surface area (Å²) in [6, 6.07) is 7.35. The molecule has 0 fully saturated rings. The summed E-state index contributed by atoms with van der Waals surface area (Å²) in [6.45, 7) is 3.90. The topological polar surface area (TPSA) is 48.4 Å². The number of fused-ring (bicyclic) bond motifs is 1. The quantitative estimate of drug-likeness (QED) is 0.816. The summed E-state index contributed by atoms with van der Waals surface area (Å²) < 4.78 is 3.08. The largest absolute Gasteiger partial charge is 0.338 e. The van der Waals surface area contributed by atoms with Crippen LogP contribution in [0.25, 0.3) is 10.9 Å². The van der Waals surface area contributed by atoms with E-state index in [0.29, 0.717) is 18.5 Å². The first kappa shape index (κ1) is 14.5. The smallest absolute Gasteiger partial charge is 0.331 e. The van der Waals surface area contributed by atoms with Crippen LogP contribution in [0.1, 0.15) is 13.3 Å². The number of rotatable bonds is 5. The molecule has 0 unspecified atom stereocenters. The van der Waals surface area contributed by atoms with Crippen molar-refractivity contribution in [3.05, 3.63) is 45.1 Å². The van der Waals surface area contributed by atoms with Crippen LogP contribution in [-0.2, 0) is 13.1 Å². The third-order valence-electron chi connectivity index (χ3n) is 3.41. The van der Waals surface area contributed by atoms with Gasteiger partial charge in [-0.1, -0.05) is 19.1 Å². The Balaban J connectivity index is 2.70. The Morgan fingerprint density at radius 2 is 1.75 bits per heavy atom. The van der Waals surface area contributed by atoms with Gasteiger partial charge in [0.25, 0.3) is 5.56 Å². The van der Waals surface area contributed by atoms with Gasteiger partial charge in [-0.3, -0.25) is 13.9 Å². The second-order valence-electron chi connectivity index (χ2n) is 5.37. The molecule has 0 aliphatic heterocycles. The first-order valence-electron chi connectivity index (χ1n) is 7.07. The van der Waals surface area contributed by atoms with Gasteiger partial charge in [0.2, 0.25) is 0 Å². The van der Waals surface area contributed by atoms with Crippen LogP contribution in [-0.4, -0.2) is 29.8 Å². The number of quaternary nitrogens is 1. The fourth-order valence-electron chi connectivity index (χ4n) is 2.34. The van der Waals surface area contributed by atoms with Crippen LogP contribution in [0.4, 0.5) is 0 Å². The van der Waals surface area contributed by atoms with Gasteiger partial charge in [0.15, 0.2) is 0 Å². The lowest BCUT2D eigenvalue weighted by Crippen LogP contribution is -3.06. The van der Waals surface area contributed by atoms with Crippen LogP contribution < -0.4 is 16.1 Å². The molecule has 108 valence electrons. The van der Waals surface area contributed by atoms with E-state index in [4.69, 9.17) is 0 Å². The molecule has 1 N–H and O–H groups in total. The van der Waals surface area contributed by atoms with E-state index in [-0.39, 0.29) is 11.2 Å². The summed E-state index contributed by atoms with van der Waals surface area (Å²) in [5, 5.41) is 0.620. The predicted molar refractivity (Wildman–Crippen MR) is 80.4 cm³/mol. The summed E-state index contributed by atoms with van der Waals surface area (Å²) >= 11 is 0. The van der Waals surface area contributed by atoms with E-state index < -0.39 is 0 Å². The summed E-state index contributed by atoms with van der Waals surface area (Å²) in [7, 11) is 4.10. The van der Waals surface area contributed by atoms with Gasteiger partial charge >= 0.3 is 5.69 Å². The van der Waals surface area contributed by atoms with Crippen molar-refractivity contribution in [2.24, 2.45) is 0 Å². The molecular weight excluding hydrogens is 254 g/mol. The second-order valence-corrected chi connectivity index (χ2v) is 5.37. The maximum Gasteiger partial charge on any atom is 0.331 e. The average Bonchev–Trinajstić information content (AvgIpc) is 2.43. The van der Waals surface area contributed by atoms with Crippen molar-refractivity contribution in [2.75, 3.05) is 20.6 Å². The highest BCUT2D eigenvalue weighted by Gasteiger charge is 2.12. The average molecular weight is 276 g/mol. The summed E-state index contributed by atoms with van der Waals surface area (Å²) in [5.41, 5.74) is 0.355. The predicted octanol–water partition coefficient (Wildman–Crippen LogP) is -0.282. The van der Waals surface area contributed by atoms with E-state index in [1.807, 2.05) is 25.1 Å². The molecule has 1 heterocycles. The maximum absolute atomic E-state index is 12.5. The fraction of sp³-hybridized carbons (Fsp3) is 0.467. The minimum Gasteiger partial charge on any atom is -0.338 e. The lowest BCUT2D eigenvalue weighted by Gasteiger charge is -2.14. The van der Waals surface area contributed by atoms with Gasteiger partial charge in [-0.25, -0.2) is 4.79 Å². The number of nitrogens with zero attached hydrogens (tertiary/aromatic N) is 2. The van der Waals surface area contributed by atoms with Crippen LogP contribution >= 0.6 is 0 Å². The highest BCUT2D eigenvalue weighted by Crippen LogP contribution is 2.07. The van der Waals surface area contributed by atoms with E-state index in [1.165, 1.54) is 9.47 Å². The number of nitrogens with one attached hydrogen (secondary N) is 1. The molecule has 0 saturated heterocycles. The first-order valence-corrected chi connectivity index (χ1v) is 7.07. The Kier molecular flexibility index (Phi) is 4.39. The van der Waals surface area contributed by atoms with Gasteiger partial charge in [0, 0.05) is 6.54 Å². The van der Waals surface area contributed by atoms with Crippen molar-refractivity contribution in [3.63, 3.8) is 0 Å². The van der Waals surface area contributed by atoms with Crippen LogP contribution in [0.2, 0.25) is 0 Å². The van der Waals surface area contributed by atoms with E-state index in [9.17, 15) is 9.59 Å². The lowest BCUT2D eigenvalue weighted by molar-refractivity contribution is -0.858. The van der Waals surface area contributed by atoms with Crippen molar-refractivity contribution < 1.29 is 4.90 Å². The molecule has 5 nitrogen and oxygen atoms in total. The third kappa shape index (κ3) is 2.67. The molecule has 0 spiro atoms. The van der Waals surface area contributed by atoms with E-state index in [1.54, 1.807) is 10.6 Å². The number of likely N-dealkylation sites (N-methyl/N-ethyl adjacent to an activating group) is 1. The van der Waals surface area contributed by atoms with Gasteiger partial charge in [-0.15, -0.1) is 0 Å². The van der Waals surface area contributed by atoms with Crippen molar-refractivity contribution in [2.45, 2.75) is 26.4 Å². The molecule has 0 saturated carbocycles. The summed E-state index contributed by atoms with van der Waals surface area (Å²) in [5.74, 6) is 0. The van der Waals surface area contributed by atoms with Crippen molar-refractivity contribution in [1.82, 2.24) is 9.13 Å². The van der Waals surface area contributed by atoms with Crippen LogP contribution in [0.5, 0.6) is 0 Å². The molecule has 0 aliphatic rings. The monoisotopic (exact) mass is 276 g/mol. The van der Waals surface area contributed by atoms with E-state index in [0.717, 1.165) is 18.5 Å². The minimum atomic E-state index is -0.197. The molecule has 20 heavy (non-hydrogen) atoms.